The van der Waals surface area contributed by atoms with Crippen LogP contribution in [0.1, 0.15) is 25.0 Å². The van der Waals surface area contributed by atoms with Crippen LogP contribution in [0.2, 0.25) is 0 Å². The molecule has 0 unspecified atom stereocenters. The molecule has 0 aliphatic carbocycles. The predicted molar refractivity (Wildman–Crippen MR) is 80.2 cm³/mol. The van der Waals surface area contributed by atoms with Crippen LogP contribution in [0.5, 0.6) is 0 Å². The zero-order chi connectivity index (χ0) is 17.0. The molecule has 1 aromatic rings. The van der Waals surface area contributed by atoms with Crippen molar-refractivity contribution in [3.63, 3.8) is 0 Å². The summed E-state index contributed by atoms with van der Waals surface area (Å²) in [5.41, 5.74) is -4.10. The van der Waals surface area contributed by atoms with Gasteiger partial charge in [0.25, 0.3) is 0 Å². The number of aliphatic carboxylic acids is 1. The molecular weight excluding hydrogens is 385 g/mol. The van der Waals surface area contributed by atoms with Crippen LogP contribution in [0, 0.1) is 0 Å². The Bertz CT molecular complexity index is 584. The average molecular weight is 401 g/mol. The standard InChI is InChI=1S/C13H16BrF2O5P/c1-3-20-22(19,21-4-2)13(15,16)10-6-5-9(7-11(10)14)8-12(17)18/h5-7H,3-4,8H2,1-2H3,(H,17,18). The summed E-state index contributed by atoms with van der Waals surface area (Å²) >= 11 is 2.96. The van der Waals surface area contributed by atoms with Crippen molar-refractivity contribution < 1.29 is 32.3 Å². The summed E-state index contributed by atoms with van der Waals surface area (Å²) in [5, 5.41) is 8.71. The van der Waals surface area contributed by atoms with Gasteiger partial charge in [-0.15, -0.1) is 0 Å². The summed E-state index contributed by atoms with van der Waals surface area (Å²) in [7, 11) is -4.69. The second-order valence-electron chi connectivity index (χ2n) is 4.26. The minimum atomic E-state index is -4.69. The van der Waals surface area contributed by atoms with Crippen LogP contribution in [-0.2, 0) is 30.5 Å². The fourth-order valence-electron chi connectivity index (χ4n) is 1.77. The first-order valence-corrected chi connectivity index (χ1v) is 8.79. The number of carbonyl (C=O) groups is 1. The predicted octanol–water partition coefficient (Wildman–Crippen LogP) is 4.39. The summed E-state index contributed by atoms with van der Waals surface area (Å²) in [4.78, 5) is 10.6. The van der Waals surface area contributed by atoms with E-state index in [2.05, 4.69) is 15.9 Å². The number of halogens is 3. The molecule has 9 heteroatoms. The minimum Gasteiger partial charge on any atom is -0.481 e. The lowest BCUT2D eigenvalue weighted by Gasteiger charge is -2.26. The largest absolute Gasteiger partial charge is 0.481 e. The Kier molecular flexibility index (Phi) is 6.67. The second kappa shape index (κ2) is 7.64. The molecule has 0 saturated carbocycles. The maximum absolute atomic E-state index is 14.6. The molecule has 0 aromatic heterocycles. The first kappa shape index (κ1) is 19.2. The van der Waals surface area contributed by atoms with Gasteiger partial charge in [-0.1, -0.05) is 28.1 Å². The molecule has 0 fully saturated rings. The van der Waals surface area contributed by atoms with Crippen LogP contribution >= 0.6 is 23.5 Å². The smallest absolute Gasteiger partial charge is 0.404 e. The van der Waals surface area contributed by atoms with Gasteiger partial charge >= 0.3 is 19.2 Å². The van der Waals surface area contributed by atoms with Crippen molar-refractivity contribution in [2.45, 2.75) is 25.9 Å². The molecule has 0 aliphatic rings. The Balaban J connectivity index is 3.26. The fraction of sp³-hybridized carbons (Fsp3) is 0.462. The molecule has 0 saturated heterocycles. The van der Waals surface area contributed by atoms with E-state index < -0.39 is 24.8 Å². The first-order valence-electron chi connectivity index (χ1n) is 6.45. The van der Waals surface area contributed by atoms with Crippen molar-refractivity contribution in [1.82, 2.24) is 0 Å². The van der Waals surface area contributed by atoms with E-state index in [1.165, 1.54) is 26.0 Å². The zero-order valence-corrected chi connectivity index (χ0v) is 14.5. The molecule has 0 atom stereocenters. The van der Waals surface area contributed by atoms with Gasteiger partial charge in [0.05, 0.1) is 19.6 Å². The van der Waals surface area contributed by atoms with Gasteiger partial charge < -0.3 is 14.2 Å². The number of benzene rings is 1. The third-order valence-corrected chi connectivity index (χ3v) is 5.44. The highest BCUT2D eigenvalue weighted by Crippen LogP contribution is 2.67. The van der Waals surface area contributed by atoms with Gasteiger partial charge in [0, 0.05) is 10.0 Å². The third kappa shape index (κ3) is 4.13. The van der Waals surface area contributed by atoms with E-state index >= 15 is 0 Å². The lowest BCUT2D eigenvalue weighted by molar-refractivity contribution is -0.136. The summed E-state index contributed by atoms with van der Waals surface area (Å²) < 4.78 is 50.8. The highest BCUT2D eigenvalue weighted by molar-refractivity contribution is 9.10. The Morgan fingerprint density at radius 3 is 2.27 bits per heavy atom. The molecule has 1 rings (SSSR count). The SMILES string of the molecule is CCOP(=O)(OCC)C(F)(F)c1ccc(CC(=O)O)cc1Br. The number of hydrogen-bond acceptors (Lipinski definition) is 4. The maximum atomic E-state index is 14.6. The van der Waals surface area contributed by atoms with E-state index in [0.717, 1.165) is 6.07 Å². The van der Waals surface area contributed by atoms with Crippen LogP contribution in [0.4, 0.5) is 8.78 Å². The van der Waals surface area contributed by atoms with Crippen molar-refractivity contribution in [3.8, 4) is 0 Å². The van der Waals surface area contributed by atoms with Gasteiger partial charge in [-0.3, -0.25) is 9.36 Å². The normalized spacial score (nSPS) is 12.4. The summed E-state index contributed by atoms with van der Waals surface area (Å²) in [5.74, 6) is -1.08. The molecule has 1 aromatic carbocycles. The van der Waals surface area contributed by atoms with E-state index in [4.69, 9.17) is 14.2 Å². The maximum Gasteiger partial charge on any atom is 0.404 e. The highest BCUT2D eigenvalue weighted by Gasteiger charge is 2.55. The second-order valence-corrected chi connectivity index (χ2v) is 7.19. The number of rotatable bonds is 8. The van der Waals surface area contributed by atoms with E-state index in [9.17, 15) is 18.1 Å². The fourth-order valence-corrected chi connectivity index (χ4v) is 4.17. The van der Waals surface area contributed by atoms with Gasteiger partial charge in [-0.05, 0) is 25.5 Å². The first-order chi connectivity index (χ1) is 10.2. The van der Waals surface area contributed by atoms with E-state index in [0.29, 0.717) is 5.56 Å². The van der Waals surface area contributed by atoms with Crippen molar-refractivity contribution in [3.05, 3.63) is 33.8 Å². The highest BCUT2D eigenvalue weighted by atomic mass is 79.9. The zero-order valence-electron chi connectivity index (χ0n) is 12.0. The molecule has 0 heterocycles. The topological polar surface area (TPSA) is 72.8 Å². The Morgan fingerprint density at radius 2 is 1.86 bits per heavy atom. The molecule has 0 bridgehead atoms. The van der Waals surface area contributed by atoms with E-state index in [1.807, 2.05) is 0 Å². The summed E-state index contributed by atoms with van der Waals surface area (Å²) in [6.45, 7) is 2.49. The Morgan fingerprint density at radius 1 is 1.32 bits per heavy atom. The number of hydrogen-bond donors (Lipinski definition) is 1. The average Bonchev–Trinajstić information content (AvgIpc) is 2.38. The van der Waals surface area contributed by atoms with E-state index in [-0.39, 0.29) is 24.1 Å². The molecule has 0 radical (unpaired) electrons. The summed E-state index contributed by atoms with van der Waals surface area (Å²) in [6.07, 6.45) is -0.307. The molecule has 22 heavy (non-hydrogen) atoms. The lowest BCUT2D eigenvalue weighted by Crippen LogP contribution is -2.19. The molecular formula is C13H16BrF2O5P. The van der Waals surface area contributed by atoms with Gasteiger partial charge in [0.2, 0.25) is 0 Å². The number of carboxylic acids is 1. The Hall–Kier alpha value is -0.820. The molecule has 0 spiro atoms. The van der Waals surface area contributed by atoms with Gasteiger partial charge in [-0.2, -0.15) is 8.78 Å². The van der Waals surface area contributed by atoms with E-state index in [1.54, 1.807) is 0 Å². The number of alkyl halides is 2. The minimum absolute atomic E-state index is 0.0594. The summed E-state index contributed by atoms with van der Waals surface area (Å²) in [6, 6.07) is 3.51. The van der Waals surface area contributed by atoms with Gasteiger partial charge in [0.1, 0.15) is 0 Å². The van der Waals surface area contributed by atoms with Crippen LogP contribution in [0.3, 0.4) is 0 Å². The molecule has 124 valence electrons. The molecule has 0 amide bonds. The van der Waals surface area contributed by atoms with Crippen molar-refractivity contribution in [2.75, 3.05) is 13.2 Å². The van der Waals surface area contributed by atoms with Crippen molar-refractivity contribution >= 4 is 29.5 Å². The van der Waals surface area contributed by atoms with Crippen molar-refractivity contribution in [2.24, 2.45) is 0 Å². The van der Waals surface area contributed by atoms with Crippen LogP contribution < -0.4 is 0 Å². The van der Waals surface area contributed by atoms with Crippen LogP contribution in [0.15, 0.2) is 22.7 Å². The van der Waals surface area contributed by atoms with Gasteiger partial charge in [-0.25, -0.2) is 0 Å². The van der Waals surface area contributed by atoms with Gasteiger partial charge in [0.15, 0.2) is 0 Å². The number of carboxylic acid groups (broad SMARTS) is 1. The molecule has 5 nitrogen and oxygen atoms in total. The molecule has 0 aliphatic heterocycles. The molecule has 1 N–H and O–H groups in total. The monoisotopic (exact) mass is 400 g/mol. The third-order valence-electron chi connectivity index (χ3n) is 2.65. The quantitative estimate of drug-likeness (QED) is 0.655. The van der Waals surface area contributed by atoms with Crippen molar-refractivity contribution in [1.29, 1.82) is 0 Å². The van der Waals surface area contributed by atoms with Crippen LogP contribution in [-0.4, -0.2) is 24.3 Å². The lowest BCUT2D eigenvalue weighted by atomic mass is 10.1. The Labute approximate surface area is 135 Å². The van der Waals surface area contributed by atoms with Crippen LogP contribution in [0.25, 0.3) is 0 Å².